The van der Waals surface area contributed by atoms with Crippen molar-refractivity contribution < 1.29 is 14.7 Å². The van der Waals surface area contributed by atoms with Crippen molar-refractivity contribution >= 4 is 29.3 Å². The highest BCUT2D eigenvalue weighted by molar-refractivity contribution is 6.30. The fraction of sp³-hybridized carbons (Fsp3) is 0.333. The third kappa shape index (κ3) is 3.63. The Bertz CT molecular complexity index is 433. The first-order chi connectivity index (χ1) is 8.45. The van der Waals surface area contributed by atoms with Crippen LogP contribution < -0.4 is 5.32 Å². The predicted molar refractivity (Wildman–Crippen MR) is 69.9 cm³/mol. The van der Waals surface area contributed by atoms with E-state index in [9.17, 15) is 9.59 Å². The summed E-state index contributed by atoms with van der Waals surface area (Å²) in [5, 5.41) is 12.1. The van der Waals surface area contributed by atoms with Crippen molar-refractivity contribution in [2.45, 2.75) is 19.4 Å². The van der Waals surface area contributed by atoms with Crippen LogP contribution in [0.15, 0.2) is 24.3 Å². The summed E-state index contributed by atoms with van der Waals surface area (Å²) in [7, 11) is 1.45. The van der Waals surface area contributed by atoms with Gasteiger partial charge in [0.15, 0.2) is 0 Å². The first-order valence-electron chi connectivity index (χ1n) is 5.48. The summed E-state index contributed by atoms with van der Waals surface area (Å²) in [6, 6.07) is 5.28. The zero-order valence-corrected chi connectivity index (χ0v) is 10.9. The number of urea groups is 1. The number of carbonyl (C=O) groups is 2. The van der Waals surface area contributed by atoms with Gasteiger partial charge in [0, 0.05) is 17.8 Å². The molecule has 0 spiro atoms. The van der Waals surface area contributed by atoms with Gasteiger partial charge < -0.3 is 15.3 Å². The van der Waals surface area contributed by atoms with Crippen molar-refractivity contribution in [3.8, 4) is 0 Å². The summed E-state index contributed by atoms with van der Waals surface area (Å²) in [5.74, 6) is -1.02. The molecule has 6 heteroatoms. The Kier molecular flexibility index (Phi) is 4.97. The van der Waals surface area contributed by atoms with E-state index in [1.165, 1.54) is 7.05 Å². The SMILES string of the molecule is CCC(C(=O)O)N(C)C(=O)Nc1ccc(Cl)cc1. The van der Waals surface area contributed by atoms with E-state index in [1.54, 1.807) is 31.2 Å². The molecule has 1 aromatic rings. The number of anilines is 1. The normalized spacial score (nSPS) is 11.7. The number of likely N-dealkylation sites (N-methyl/N-ethyl adjacent to an activating group) is 1. The summed E-state index contributed by atoms with van der Waals surface area (Å²) in [6.45, 7) is 1.71. The highest BCUT2D eigenvalue weighted by Gasteiger charge is 2.24. The standard InChI is InChI=1S/C12H15ClN2O3/c1-3-10(11(16)17)15(2)12(18)14-9-6-4-8(13)5-7-9/h4-7,10H,3H2,1-2H3,(H,14,18)(H,16,17). The minimum atomic E-state index is -1.02. The van der Waals surface area contributed by atoms with Gasteiger partial charge in [-0.3, -0.25) is 0 Å². The van der Waals surface area contributed by atoms with Gasteiger partial charge in [0.1, 0.15) is 6.04 Å². The molecule has 2 N–H and O–H groups in total. The van der Waals surface area contributed by atoms with Crippen LogP contribution in [-0.4, -0.2) is 35.1 Å². The van der Waals surface area contributed by atoms with E-state index in [1.807, 2.05) is 0 Å². The molecule has 0 aromatic heterocycles. The van der Waals surface area contributed by atoms with Crippen LogP contribution in [0.3, 0.4) is 0 Å². The monoisotopic (exact) mass is 270 g/mol. The number of carboxylic acids is 1. The quantitative estimate of drug-likeness (QED) is 0.884. The van der Waals surface area contributed by atoms with E-state index in [2.05, 4.69) is 5.32 Å². The van der Waals surface area contributed by atoms with E-state index in [0.29, 0.717) is 17.1 Å². The van der Waals surface area contributed by atoms with Crippen LogP contribution in [0.25, 0.3) is 0 Å². The molecule has 0 heterocycles. The van der Waals surface area contributed by atoms with Crippen molar-refractivity contribution in [3.63, 3.8) is 0 Å². The Morgan fingerprint density at radius 3 is 2.39 bits per heavy atom. The van der Waals surface area contributed by atoms with Gasteiger partial charge in [0.2, 0.25) is 0 Å². The highest BCUT2D eigenvalue weighted by Crippen LogP contribution is 2.14. The third-order valence-electron chi connectivity index (χ3n) is 2.56. The van der Waals surface area contributed by atoms with Crippen LogP contribution in [0.5, 0.6) is 0 Å². The Balaban J connectivity index is 2.70. The highest BCUT2D eigenvalue weighted by atomic mass is 35.5. The van der Waals surface area contributed by atoms with Crippen LogP contribution in [0.1, 0.15) is 13.3 Å². The molecule has 0 aliphatic heterocycles. The van der Waals surface area contributed by atoms with Gasteiger partial charge in [-0.25, -0.2) is 9.59 Å². The summed E-state index contributed by atoms with van der Waals surface area (Å²) in [4.78, 5) is 23.9. The molecule has 0 aliphatic carbocycles. The van der Waals surface area contributed by atoms with Crippen molar-refractivity contribution in [1.29, 1.82) is 0 Å². The number of carboxylic acid groups (broad SMARTS) is 1. The van der Waals surface area contributed by atoms with E-state index in [0.717, 1.165) is 4.90 Å². The molecule has 1 aromatic carbocycles. The van der Waals surface area contributed by atoms with Gasteiger partial charge in [-0.15, -0.1) is 0 Å². The van der Waals surface area contributed by atoms with Gasteiger partial charge in [-0.05, 0) is 30.7 Å². The number of rotatable bonds is 4. The Morgan fingerprint density at radius 2 is 1.94 bits per heavy atom. The first-order valence-corrected chi connectivity index (χ1v) is 5.85. The number of nitrogens with one attached hydrogen (secondary N) is 1. The molecular formula is C12H15ClN2O3. The van der Waals surface area contributed by atoms with Gasteiger partial charge in [-0.2, -0.15) is 0 Å². The van der Waals surface area contributed by atoms with Gasteiger partial charge >= 0.3 is 12.0 Å². The summed E-state index contributed by atoms with van der Waals surface area (Å²) in [6.07, 6.45) is 0.347. The molecule has 0 saturated carbocycles. The number of nitrogens with zero attached hydrogens (tertiary/aromatic N) is 1. The summed E-state index contributed by atoms with van der Waals surface area (Å²) in [5.41, 5.74) is 0.566. The fourth-order valence-electron chi connectivity index (χ4n) is 1.50. The average Bonchev–Trinajstić information content (AvgIpc) is 2.32. The topological polar surface area (TPSA) is 69.6 Å². The molecule has 2 amide bonds. The van der Waals surface area contributed by atoms with Gasteiger partial charge in [0.25, 0.3) is 0 Å². The molecule has 98 valence electrons. The Hall–Kier alpha value is -1.75. The van der Waals surface area contributed by atoms with Gasteiger partial charge in [-0.1, -0.05) is 18.5 Å². The Morgan fingerprint density at radius 1 is 1.39 bits per heavy atom. The zero-order valence-electron chi connectivity index (χ0n) is 10.2. The summed E-state index contributed by atoms with van der Waals surface area (Å²) < 4.78 is 0. The number of amides is 2. The molecule has 0 fully saturated rings. The second-order valence-corrected chi connectivity index (χ2v) is 4.25. The number of hydrogen-bond donors (Lipinski definition) is 2. The molecule has 1 atom stereocenters. The maximum absolute atomic E-state index is 11.8. The van der Waals surface area contributed by atoms with E-state index < -0.39 is 18.0 Å². The minimum absolute atomic E-state index is 0.347. The number of halogens is 1. The average molecular weight is 271 g/mol. The maximum Gasteiger partial charge on any atom is 0.326 e. The van der Waals surface area contributed by atoms with Crippen molar-refractivity contribution in [2.24, 2.45) is 0 Å². The number of benzene rings is 1. The molecule has 1 unspecified atom stereocenters. The van der Waals surface area contributed by atoms with Crippen LogP contribution in [0.4, 0.5) is 10.5 Å². The molecule has 0 bridgehead atoms. The van der Waals surface area contributed by atoms with Crippen LogP contribution >= 0.6 is 11.6 Å². The largest absolute Gasteiger partial charge is 0.480 e. The number of aliphatic carboxylic acids is 1. The lowest BCUT2D eigenvalue weighted by Gasteiger charge is -2.23. The molecule has 1 rings (SSSR count). The predicted octanol–water partition coefficient (Wildman–Crippen LogP) is 2.67. The molecular weight excluding hydrogens is 256 g/mol. The second kappa shape index (κ2) is 6.26. The first kappa shape index (κ1) is 14.3. The number of carbonyl (C=O) groups excluding carboxylic acids is 1. The van der Waals surface area contributed by atoms with Crippen molar-refractivity contribution in [2.75, 3.05) is 12.4 Å². The molecule has 5 nitrogen and oxygen atoms in total. The van der Waals surface area contributed by atoms with E-state index >= 15 is 0 Å². The van der Waals surface area contributed by atoms with Crippen molar-refractivity contribution in [3.05, 3.63) is 29.3 Å². The molecule has 0 saturated heterocycles. The minimum Gasteiger partial charge on any atom is -0.480 e. The Labute approximate surface area is 110 Å². The van der Waals surface area contributed by atoms with Gasteiger partial charge in [0.05, 0.1) is 0 Å². The zero-order chi connectivity index (χ0) is 13.7. The second-order valence-electron chi connectivity index (χ2n) is 3.81. The molecule has 0 aliphatic rings. The molecule has 18 heavy (non-hydrogen) atoms. The lowest BCUT2D eigenvalue weighted by Crippen LogP contribution is -2.44. The van der Waals surface area contributed by atoms with E-state index in [4.69, 9.17) is 16.7 Å². The molecule has 0 radical (unpaired) electrons. The van der Waals surface area contributed by atoms with Crippen molar-refractivity contribution in [1.82, 2.24) is 4.90 Å². The van der Waals surface area contributed by atoms with Crippen LogP contribution in [0, 0.1) is 0 Å². The van der Waals surface area contributed by atoms with E-state index in [-0.39, 0.29) is 0 Å². The maximum atomic E-state index is 11.8. The number of hydrogen-bond acceptors (Lipinski definition) is 2. The lowest BCUT2D eigenvalue weighted by atomic mass is 10.2. The smallest absolute Gasteiger partial charge is 0.326 e. The van der Waals surface area contributed by atoms with Crippen LogP contribution in [0.2, 0.25) is 5.02 Å². The fourth-order valence-corrected chi connectivity index (χ4v) is 1.63. The lowest BCUT2D eigenvalue weighted by molar-refractivity contribution is -0.141. The third-order valence-corrected chi connectivity index (χ3v) is 2.81. The summed E-state index contributed by atoms with van der Waals surface area (Å²) >= 11 is 5.72. The van der Waals surface area contributed by atoms with Crippen LogP contribution in [-0.2, 0) is 4.79 Å².